The van der Waals surface area contributed by atoms with E-state index in [1.54, 1.807) is 6.33 Å². The SMILES string of the molecule is CC(C)(C)NC(=O)c1ccc(/C(=C/Cc2c[nH]cn2)c2ccccc2)cc1.Cl. The van der Waals surface area contributed by atoms with Crippen LogP contribution >= 0.6 is 12.4 Å². The number of H-pyrrole nitrogens is 1. The first-order chi connectivity index (χ1) is 12.9. The molecule has 1 aromatic heterocycles. The predicted octanol–water partition coefficient (Wildman–Crippen LogP) is 5.03. The van der Waals surface area contributed by atoms with Crippen molar-refractivity contribution in [3.63, 3.8) is 0 Å². The largest absolute Gasteiger partial charge is 0.351 e. The second kappa shape index (κ2) is 9.38. The molecule has 0 atom stereocenters. The molecule has 2 N–H and O–H groups in total. The summed E-state index contributed by atoms with van der Waals surface area (Å²) in [7, 11) is 0. The van der Waals surface area contributed by atoms with Gasteiger partial charge in [0.25, 0.3) is 5.91 Å². The minimum atomic E-state index is -0.256. The third kappa shape index (κ3) is 5.83. The Balaban J connectivity index is 0.00000280. The van der Waals surface area contributed by atoms with Gasteiger partial charge in [-0.05, 0) is 49.6 Å². The number of rotatable bonds is 5. The first-order valence-electron chi connectivity index (χ1n) is 9.08. The zero-order chi connectivity index (χ0) is 19.3. The highest BCUT2D eigenvalue weighted by molar-refractivity contribution is 5.95. The molecule has 3 rings (SSSR count). The summed E-state index contributed by atoms with van der Waals surface area (Å²) in [6.07, 6.45) is 6.50. The molecular formula is C23H26ClN3O. The molecule has 0 spiro atoms. The second-order valence-corrected chi connectivity index (χ2v) is 7.53. The van der Waals surface area contributed by atoms with Crippen molar-refractivity contribution in [3.05, 3.63) is 95.6 Å². The zero-order valence-corrected chi connectivity index (χ0v) is 17.2. The molecule has 146 valence electrons. The quantitative estimate of drug-likeness (QED) is 0.636. The molecule has 0 radical (unpaired) electrons. The Morgan fingerprint density at radius 1 is 1.00 bits per heavy atom. The molecule has 28 heavy (non-hydrogen) atoms. The summed E-state index contributed by atoms with van der Waals surface area (Å²) in [4.78, 5) is 19.6. The fraction of sp³-hybridized carbons (Fsp3) is 0.217. The third-order valence-electron chi connectivity index (χ3n) is 4.10. The first-order valence-corrected chi connectivity index (χ1v) is 9.08. The van der Waals surface area contributed by atoms with Crippen LogP contribution in [0.1, 0.15) is 48.0 Å². The van der Waals surface area contributed by atoms with Gasteiger partial charge in [0.1, 0.15) is 0 Å². The lowest BCUT2D eigenvalue weighted by atomic mass is 9.95. The highest BCUT2D eigenvalue weighted by Crippen LogP contribution is 2.24. The van der Waals surface area contributed by atoms with Crippen molar-refractivity contribution in [2.75, 3.05) is 0 Å². The minimum absolute atomic E-state index is 0. The van der Waals surface area contributed by atoms with E-state index < -0.39 is 0 Å². The van der Waals surface area contributed by atoms with Gasteiger partial charge in [-0.1, -0.05) is 48.5 Å². The number of nitrogens with zero attached hydrogens (tertiary/aromatic N) is 1. The maximum Gasteiger partial charge on any atom is 0.251 e. The van der Waals surface area contributed by atoms with Crippen molar-refractivity contribution in [2.24, 2.45) is 0 Å². The Morgan fingerprint density at radius 3 is 2.18 bits per heavy atom. The number of benzene rings is 2. The van der Waals surface area contributed by atoms with E-state index in [1.807, 2.05) is 69.4 Å². The molecule has 0 unspecified atom stereocenters. The Bertz CT molecular complexity index is 909. The Kier molecular flexibility index (Phi) is 7.18. The van der Waals surface area contributed by atoms with E-state index in [2.05, 4.69) is 33.5 Å². The van der Waals surface area contributed by atoms with Crippen molar-refractivity contribution >= 4 is 23.9 Å². The fourth-order valence-electron chi connectivity index (χ4n) is 2.84. The maximum absolute atomic E-state index is 12.4. The number of imidazole rings is 1. The highest BCUT2D eigenvalue weighted by Gasteiger charge is 2.15. The maximum atomic E-state index is 12.4. The molecular weight excluding hydrogens is 370 g/mol. The molecule has 5 heteroatoms. The number of carbonyl (C=O) groups is 1. The van der Waals surface area contributed by atoms with Gasteiger partial charge in [-0.25, -0.2) is 4.98 Å². The number of amides is 1. The average molecular weight is 396 g/mol. The van der Waals surface area contributed by atoms with Gasteiger partial charge in [0.05, 0.1) is 12.0 Å². The van der Waals surface area contributed by atoms with Crippen LogP contribution in [0.5, 0.6) is 0 Å². The summed E-state index contributed by atoms with van der Waals surface area (Å²) in [6.45, 7) is 5.93. The van der Waals surface area contributed by atoms with Crippen LogP contribution in [0.2, 0.25) is 0 Å². The van der Waals surface area contributed by atoms with Crippen LogP contribution in [0, 0.1) is 0 Å². The van der Waals surface area contributed by atoms with E-state index in [0.717, 1.165) is 28.8 Å². The number of nitrogens with one attached hydrogen (secondary N) is 2. The minimum Gasteiger partial charge on any atom is -0.351 e. The summed E-state index contributed by atoms with van der Waals surface area (Å²) in [5.41, 5.74) is 4.73. The lowest BCUT2D eigenvalue weighted by Crippen LogP contribution is -2.40. The summed E-state index contributed by atoms with van der Waals surface area (Å²) in [5.74, 6) is -0.0594. The molecule has 0 aliphatic heterocycles. The predicted molar refractivity (Wildman–Crippen MR) is 117 cm³/mol. The monoisotopic (exact) mass is 395 g/mol. The standard InChI is InChI=1S/C23H25N3O.ClH/c1-23(2,3)26-22(27)19-11-9-18(10-12-19)21(17-7-5-4-6-8-17)14-13-20-15-24-16-25-20;/h4-12,14-16H,13H2,1-3H3,(H,24,25)(H,26,27);1H/b21-14+;. The van der Waals surface area contributed by atoms with E-state index in [4.69, 9.17) is 0 Å². The zero-order valence-electron chi connectivity index (χ0n) is 16.4. The molecule has 2 aromatic carbocycles. The van der Waals surface area contributed by atoms with Crippen molar-refractivity contribution in [1.29, 1.82) is 0 Å². The topological polar surface area (TPSA) is 57.8 Å². The van der Waals surface area contributed by atoms with Crippen molar-refractivity contribution in [2.45, 2.75) is 32.7 Å². The van der Waals surface area contributed by atoms with Gasteiger partial charge in [0, 0.05) is 23.7 Å². The van der Waals surface area contributed by atoms with Crippen molar-refractivity contribution in [1.82, 2.24) is 15.3 Å². The molecule has 0 aliphatic carbocycles. The van der Waals surface area contributed by atoms with Crippen LogP contribution in [0.4, 0.5) is 0 Å². The Morgan fingerprint density at radius 2 is 1.61 bits per heavy atom. The van der Waals surface area contributed by atoms with Gasteiger partial charge >= 0.3 is 0 Å². The summed E-state index contributed by atoms with van der Waals surface area (Å²) in [6, 6.07) is 18.0. The molecule has 1 heterocycles. The summed E-state index contributed by atoms with van der Waals surface area (Å²) < 4.78 is 0. The van der Waals surface area contributed by atoms with E-state index in [0.29, 0.717) is 5.56 Å². The number of halogens is 1. The lowest BCUT2D eigenvalue weighted by Gasteiger charge is -2.20. The van der Waals surface area contributed by atoms with Gasteiger partial charge in [-0.3, -0.25) is 4.79 Å². The summed E-state index contributed by atoms with van der Waals surface area (Å²) in [5, 5.41) is 2.99. The lowest BCUT2D eigenvalue weighted by molar-refractivity contribution is 0.0919. The number of hydrogen-bond donors (Lipinski definition) is 2. The van der Waals surface area contributed by atoms with E-state index in [1.165, 1.54) is 0 Å². The van der Waals surface area contributed by atoms with Crippen LogP contribution in [0.15, 0.2) is 73.2 Å². The molecule has 3 aromatic rings. The summed E-state index contributed by atoms with van der Waals surface area (Å²) >= 11 is 0. The van der Waals surface area contributed by atoms with Gasteiger partial charge < -0.3 is 10.3 Å². The van der Waals surface area contributed by atoms with Crippen LogP contribution in [0.3, 0.4) is 0 Å². The number of aromatic amines is 1. The number of carbonyl (C=O) groups excluding carboxylic acids is 1. The van der Waals surface area contributed by atoms with Crippen LogP contribution in [0.25, 0.3) is 5.57 Å². The van der Waals surface area contributed by atoms with Gasteiger partial charge in [0.15, 0.2) is 0 Å². The number of hydrogen-bond acceptors (Lipinski definition) is 2. The van der Waals surface area contributed by atoms with E-state index in [9.17, 15) is 4.79 Å². The second-order valence-electron chi connectivity index (χ2n) is 7.53. The van der Waals surface area contributed by atoms with E-state index in [-0.39, 0.29) is 23.9 Å². The Labute approximate surface area is 172 Å². The number of aromatic nitrogens is 2. The van der Waals surface area contributed by atoms with Gasteiger partial charge in [-0.15, -0.1) is 12.4 Å². The third-order valence-corrected chi connectivity index (χ3v) is 4.10. The van der Waals surface area contributed by atoms with Crippen LogP contribution in [-0.2, 0) is 6.42 Å². The van der Waals surface area contributed by atoms with Crippen molar-refractivity contribution < 1.29 is 4.79 Å². The molecule has 0 aliphatic rings. The number of allylic oxidation sites excluding steroid dienone is 1. The van der Waals surface area contributed by atoms with Gasteiger partial charge in [0.2, 0.25) is 0 Å². The first kappa shape index (κ1) is 21.5. The smallest absolute Gasteiger partial charge is 0.251 e. The Hall–Kier alpha value is -2.85. The molecule has 4 nitrogen and oxygen atoms in total. The highest BCUT2D eigenvalue weighted by atomic mass is 35.5. The molecule has 1 amide bonds. The van der Waals surface area contributed by atoms with Crippen molar-refractivity contribution in [3.8, 4) is 0 Å². The normalized spacial score (nSPS) is 11.6. The van der Waals surface area contributed by atoms with Gasteiger partial charge in [-0.2, -0.15) is 0 Å². The molecule has 0 fully saturated rings. The van der Waals surface area contributed by atoms with Crippen LogP contribution in [-0.4, -0.2) is 21.4 Å². The van der Waals surface area contributed by atoms with E-state index >= 15 is 0 Å². The molecule has 0 bridgehead atoms. The molecule has 0 saturated heterocycles. The van der Waals surface area contributed by atoms with Crippen LogP contribution < -0.4 is 5.32 Å². The molecule has 0 saturated carbocycles. The fourth-order valence-corrected chi connectivity index (χ4v) is 2.84. The average Bonchev–Trinajstić information content (AvgIpc) is 3.15.